The van der Waals surface area contributed by atoms with Crippen molar-refractivity contribution in [2.45, 2.75) is 12.7 Å². The molecule has 1 heterocycles. The fraction of sp³-hybridized carbons (Fsp3) is 0.273. The normalized spacial score (nSPS) is 10.8. The molecule has 0 radical (unpaired) electrons. The van der Waals surface area contributed by atoms with E-state index in [1.54, 1.807) is 11.8 Å². The molecular weight excluding hydrogens is 260 g/mol. The highest BCUT2D eigenvalue weighted by Crippen LogP contribution is 2.27. The molecule has 0 aliphatic carbocycles. The van der Waals surface area contributed by atoms with Crippen molar-refractivity contribution in [2.75, 3.05) is 11.5 Å². The maximum atomic E-state index is 13.1. The number of halogens is 2. The van der Waals surface area contributed by atoms with Crippen molar-refractivity contribution >= 4 is 17.4 Å². The lowest BCUT2D eigenvalue weighted by Crippen LogP contribution is -1.95. The summed E-state index contributed by atoms with van der Waals surface area (Å²) in [4.78, 5) is 4.08. The van der Waals surface area contributed by atoms with E-state index in [0.29, 0.717) is 11.6 Å². The van der Waals surface area contributed by atoms with Crippen LogP contribution < -0.4 is 5.73 Å². The first kappa shape index (κ1) is 12.8. The molecule has 0 saturated heterocycles. The van der Waals surface area contributed by atoms with E-state index in [1.807, 2.05) is 6.92 Å². The van der Waals surface area contributed by atoms with Gasteiger partial charge in [0.1, 0.15) is 0 Å². The second kappa shape index (κ2) is 5.34. The second-order valence-corrected chi connectivity index (χ2v) is 4.78. The van der Waals surface area contributed by atoms with E-state index in [9.17, 15) is 8.78 Å². The molecule has 0 saturated carbocycles. The third-order valence-corrected chi connectivity index (χ3v) is 3.10. The van der Waals surface area contributed by atoms with E-state index in [1.165, 1.54) is 0 Å². The zero-order valence-electron chi connectivity index (χ0n) is 9.61. The monoisotopic (exact) mass is 271 g/mol. The number of hydrogen-bond donors (Lipinski definition) is 1. The largest absolute Gasteiger partial charge is 0.398 e. The van der Waals surface area contributed by atoms with Crippen LogP contribution in [0.25, 0.3) is 11.5 Å². The molecule has 0 aliphatic rings. The van der Waals surface area contributed by atoms with Gasteiger partial charge in [-0.25, -0.2) is 8.78 Å². The van der Waals surface area contributed by atoms with Crippen molar-refractivity contribution in [2.24, 2.45) is 0 Å². The molecule has 4 nitrogen and oxygen atoms in total. The van der Waals surface area contributed by atoms with Gasteiger partial charge in [0.15, 0.2) is 17.5 Å². The molecule has 0 bridgehead atoms. The Morgan fingerprint density at radius 2 is 2.06 bits per heavy atom. The molecular formula is C11H11F2N3OS. The van der Waals surface area contributed by atoms with E-state index < -0.39 is 11.6 Å². The molecule has 2 N–H and O–H groups in total. The number of benzene rings is 1. The van der Waals surface area contributed by atoms with Crippen LogP contribution in [0.4, 0.5) is 14.5 Å². The van der Waals surface area contributed by atoms with Crippen molar-refractivity contribution in [1.82, 2.24) is 10.1 Å². The molecule has 0 fully saturated rings. The van der Waals surface area contributed by atoms with Gasteiger partial charge in [0.2, 0.25) is 0 Å². The average Bonchev–Trinajstić information content (AvgIpc) is 2.79. The molecule has 0 amide bonds. The van der Waals surface area contributed by atoms with Gasteiger partial charge in [-0.15, -0.1) is 0 Å². The van der Waals surface area contributed by atoms with Crippen LogP contribution in [0.5, 0.6) is 0 Å². The average molecular weight is 271 g/mol. The summed E-state index contributed by atoms with van der Waals surface area (Å²) >= 11 is 1.63. The smallest absolute Gasteiger partial charge is 0.260 e. The van der Waals surface area contributed by atoms with Gasteiger partial charge in [0.05, 0.1) is 11.3 Å². The van der Waals surface area contributed by atoms with Gasteiger partial charge < -0.3 is 10.3 Å². The van der Waals surface area contributed by atoms with E-state index in [0.717, 1.165) is 17.9 Å². The number of nitrogens with two attached hydrogens (primary N) is 1. The summed E-state index contributed by atoms with van der Waals surface area (Å²) < 4.78 is 31.0. The number of anilines is 1. The molecule has 96 valence electrons. The lowest BCUT2D eigenvalue weighted by atomic mass is 10.1. The van der Waals surface area contributed by atoms with Crippen LogP contribution in [0.15, 0.2) is 16.7 Å². The summed E-state index contributed by atoms with van der Waals surface area (Å²) in [6, 6.07) is 1.85. The van der Waals surface area contributed by atoms with Crippen LogP contribution in [-0.4, -0.2) is 15.9 Å². The van der Waals surface area contributed by atoms with Crippen LogP contribution in [0, 0.1) is 11.6 Å². The quantitative estimate of drug-likeness (QED) is 0.866. The Labute approximate surface area is 107 Å². The summed E-state index contributed by atoms with van der Waals surface area (Å²) in [5.41, 5.74) is 5.86. The Kier molecular flexibility index (Phi) is 3.81. The summed E-state index contributed by atoms with van der Waals surface area (Å²) in [6.45, 7) is 2.01. The molecule has 2 rings (SSSR count). The number of nitrogens with zero attached hydrogens (tertiary/aromatic N) is 2. The Bertz CT molecular complexity index is 559. The first-order chi connectivity index (χ1) is 8.61. The van der Waals surface area contributed by atoms with Gasteiger partial charge in [-0.05, 0) is 11.8 Å². The van der Waals surface area contributed by atoms with Crippen LogP contribution in [0.2, 0.25) is 0 Å². The molecule has 0 atom stereocenters. The minimum atomic E-state index is -1.00. The zero-order chi connectivity index (χ0) is 13.1. The molecule has 1 aromatic carbocycles. The first-order valence-electron chi connectivity index (χ1n) is 5.27. The number of nitrogen functional groups attached to an aromatic ring is 1. The Hall–Kier alpha value is -1.63. The lowest BCUT2D eigenvalue weighted by molar-refractivity contribution is 0.424. The highest BCUT2D eigenvalue weighted by molar-refractivity contribution is 7.98. The van der Waals surface area contributed by atoms with E-state index in [-0.39, 0.29) is 17.1 Å². The zero-order valence-corrected chi connectivity index (χ0v) is 10.4. The van der Waals surface area contributed by atoms with Crippen molar-refractivity contribution in [1.29, 1.82) is 0 Å². The molecule has 2 aromatic rings. The highest BCUT2D eigenvalue weighted by atomic mass is 32.2. The van der Waals surface area contributed by atoms with Gasteiger partial charge in [0.25, 0.3) is 5.89 Å². The van der Waals surface area contributed by atoms with Crippen LogP contribution >= 0.6 is 11.8 Å². The van der Waals surface area contributed by atoms with Crippen molar-refractivity contribution in [3.63, 3.8) is 0 Å². The summed E-state index contributed by atoms with van der Waals surface area (Å²) in [7, 11) is 0. The SMILES string of the molecule is CCSCc1noc(-c2cc(F)c(F)cc2N)n1. The third kappa shape index (κ3) is 2.61. The summed E-state index contributed by atoms with van der Waals surface area (Å²) in [5, 5.41) is 3.74. The minimum Gasteiger partial charge on any atom is -0.398 e. The van der Waals surface area contributed by atoms with Gasteiger partial charge in [0, 0.05) is 11.8 Å². The third-order valence-electron chi connectivity index (χ3n) is 2.23. The predicted octanol–water partition coefficient (Wildman–Crippen LogP) is 2.85. The molecule has 0 aliphatic heterocycles. The van der Waals surface area contributed by atoms with Crippen molar-refractivity contribution < 1.29 is 13.3 Å². The van der Waals surface area contributed by atoms with E-state index in [4.69, 9.17) is 10.3 Å². The lowest BCUT2D eigenvalue weighted by Gasteiger charge is -2.01. The second-order valence-electron chi connectivity index (χ2n) is 3.51. The van der Waals surface area contributed by atoms with Gasteiger partial charge in [-0.2, -0.15) is 16.7 Å². The summed E-state index contributed by atoms with van der Waals surface area (Å²) in [5.74, 6) is 0.124. The first-order valence-corrected chi connectivity index (χ1v) is 6.42. The van der Waals surface area contributed by atoms with Crippen molar-refractivity contribution in [3.8, 4) is 11.5 Å². The summed E-state index contributed by atoms with van der Waals surface area (Å²) in [6.07, 6.45) is 0. The van der Waals surface area contributed by atoms with Crippen LogP contribution in [0.3, 0.4) is 0 Å². The van der Waals surface area contributed by atoms with Gasteiger partial charge in [-0.3, -0.25) is 0 Å². The van der Waals surface area contributed by atoms with Crippen LogP contribution in [0.1, 0.15) is 12.7 Å². The standard InChI is InChI=1S/C11H11F2N3OS/c1-2-18-5-10-15-11(17-16-10)6-3-7(12)8(13)4-9(6)14/h3-4H,2,5,14H2,1H3. The molecule has 1 aromatic heterocycles. The molecule has 18 heavy (non-hydrogen) atoms. The predicted molar refractivity (Wildman–Crippen MR) is 65.9 cm³/mol. The molecule has 7 heteroatoms. The number of aromatic nitrogens is 2. The Balaban J connectivity index is 2.31. The van der Waals surface area contributed by atoms with E-state index in [2.05, 4.69) is 10.1 Å². The number of thioether (sulfide) groups is 1. The maximum absolute atomic E-state index is 13.1. The van der Waals surface area contributed by atoms with Crippen molar-refractivity contribution in [3.05, 3.63) is 29.6 Å². The van der Waals surface area contributed by atoms with Gasteiger partial charge >= 0.3 is 0 Å². The fourth-order valence-corrected chi connectivity index (χ4v) is 1.87. The molecule has 0 unspecified atom stereocenters. The number of hydrogen-bond acceptors (Lipinski definition) is 5. The Morgan fingerprint density at radius 1 is 1.33 bits per heavy atom. The topological polar surface area (TPSA) is 64.9 Å². The number of rotatable bonds is 4. The Morgan fingerprint density at radius 3 is 2.78 bits per heavy atom. The minimum absolute atomic E-state index is 0.0623. The highest BCUT2D eigenvalue weighted by Gasteiger charge is 2.15. The fourth-order valence-electron chi connectivity index (χ4n) is 1.36. The maximum Gasteiger partial charge on any atom is 0.260 e. The van der Waals surface area contributed by atoms with E-state index >= 15 is 0 Å². The van der Waals surface area contributed by atoms with Gasteiger partial charge in [-0.1, -0.05) is 12.1 Å². The van der Waals surface area contributed by atoms with Crippen LogP contribution in [-0.2, 0) is 5.75 Å². The molecule has 0 spiro atoms.